The lowest BCUT2D eigenvalue weighted by atomic mass is 9.85. The standard InChI is InChI=1S/C26H32FN3O2S/c1-20(17-21-9-3-2-4-10-21)28-19-22-11-5-6-12-25(22)29-33(31,32)26-18-23(13-14-24(26)27)30-15-7-8-16-30/h5-8,11-16,18,20-21,28-29H,2-4,9-10,17,19H2,1H3. The van der Waals surface area contributed by atoms with Gasteiger partial charge in [0.1, 0.15) is 10.7 Å². The van der Waals surface area contributed by atoms with E-state index in [-0.39, 0.29) is 4.90 Å². The predicted octanol–water partition coefficient (Wildman–Crippen LogP) is 5.87. The fourth-order valence-corrected chi connectivity index (χ4v) is 5.83. The molecule has 1 aliphatic carbocycles. The molecule has 1 heterocycles. The molecule has 5 nitrogen and oxygen atoms in total. The van der Waals surface area contributed by atoms with Crippen molar-refractivity contribution >= 4 is 15.7 Å². The smallest absolute Gasteiger partial charge is 0.264 e. The Balaban J connectivity index is 1.47. The van der Waals surface area contributed by atoms with Gasteiger partial charge in [0, 0.05) is 30.7 Å². The van der Waals surface area contributed by atoms with Crippen molar-refractivity contribution in [2.45, 2.75) is 62.9 Å². The summed E-state index contributed by atoms with van der Waals surface area (Å²) in [6.45, 7) is 2.72. The molecule has 0 aliphatic heterocycles. The van der Waals surface area contributed by atoms with Crippen molar-refractivity contribution in [3.63, 3.8) is 0 Å². The van der Waals surface area contributed by atoms with Crippen LogP contribution in [0.2, 0.25) is 0 Å². The largest absolute Gasteiger partial charge is 0.324 e. The summed E-state index contributed by atoms with van der Waals surface area (Å²) in [5.74, 6) is -0.0133. The van der Waals surface area contributed by atoms with Crippen molar-refractivity contribution in [3.8, 4) is 5.69 Å². The number of rotatable bonds is 9. The molecule has 1 fully saturated rings. The third kappa shape index (κ3) is 6.03. The molecule has 4 rings (SSSR count). The number of sulfonamides is 1. The Morgan fingerprint density at radius 2 is 1.76 bits per heavy atom. The fourth-order valence-electron chi connectivity index (χ4n) is 4.63. The molecule has 176 valence electrons. The second-order valence-electron chi connectivity index (χ2n) is 8.99. The summed E-state index contributed by atoms with van der Waals surface area (Å²) in [5.41, 5.74) is 1.87. The van der Waals surface area contributed by atoms with Crippen molar-refractivity contribution in [3.05, 3.63) is 78.4 Å². The summed E-state index contributed by atoms with van der Waals surface area (Å²) in [4.78, 5) is -0.373. The fraction of sp³-hybridized carbons (Fsp3) is 0.385. The van der Waals surface area contributed by atoms with E-state index in [9.17, 15) is 12.8 Å². The van der Waals surface area contributed by atoms with Crippen molar-refractivity contribution in [1.82, 2.24) is 9.88 Å². The Hall–Kier alpha value is -2.64. The number of benzene rings is 2. The zero-order chi connectivity index (χ0) is 23.3. The van der Waals surface area contributed by atoms with Crippen molar-refractivity contribution in [1.29, 1.82) is 0 Å². The first-order valence-electron chi connectivity index (χ1n) is 11.7. The highest BCUT2D eigenvalue weighted by Crippen LogP contribution is 2.28. The van der Waals surface area contributed by atoms with Crippen molar-refractivity contribution in [2.75, 3.05) is 4.72 Å². The maximum Gasteiger partial charge on any atom is 0.264 e. The van der Waals surface area contributed by atoms with Gasteiger partial charge in [0.25, 0.3) is 10.0 Å². The number of nitrogens with one attached hydrogen (secondary N) is 2. The van der Waals surface area contributed by atoms with Crippen molar-refractivity contribution < 1.29 is 12.8 Å². The Labute approximate surface area is 196 Å². The minimum Gasteiger partial charge on any atom is -0.324 e. The number of anilines is 1. The van der Waals surface area contributed by atoms with Gasteiger partial charge >= 0.3 is 0 Å². The second kappa shape index (κ2) is 10.5. The predicted molar refractivity (Wildman–Crippen MR) is 130 cm³/mol. The van der Waals surface area contributed by atoms with Crippen LogP contribution in [-0.4, -0.2) is 19.0 Å². The molecule has 0 saturated heterocycles. The van der Waals surface area contributed by atoms with Gasteiger partial charge in [0.15, 0.2) is 0 Å². The molecule has 1 saturated carbocycles. The first kappa shape index (κ1) is 23.5. The SMILES string of the molecule is CC(CC1CCCCC1)NCc1ccccc1NS(=O)(=O)c1cc(-n2cccc2)ccc1F. The number of halogens is 1. The van der Waals surface area contributed by atoms with Gasteiger partial charge in [-0.15, -0.1) is 0 Å². The summed E-state index contributed by atoms with van der Waals surface area (Å²) in [7, 11) is -4.11. The minimum atomic E-state index is -4.11. The van der Waals surface area contributed by atoms with Crippen LogP contribution in [0.25, 0.3) is 5.69 Å². The molecule has 1 aromatic heterocycles. The van der Waals surface area contributed by atoms with Gasteiger partial charge in [-0.2, -0.15) is 0 Å². The lowest BCUT2D eigenvalue weighted by molar-refractivity contribution is 0.305. The molecular weight excluding hydrogens is 437 g/mol. The first-order valence-corrected chi connectivity index (χ1v) is 13.2. The zero-order valence-electron chi connectivity index (χ0n) is 19.0. The number of hydrogen-bond donors (Lipinski definition) is 2. The maximum atomic E-state index is 14.5. The van der Waals surface area contributed by atoms with Crippen molar-refractivity contribution in [2.24, 2.45) is 5.92 Å². The highest BCUT2D eigenvalue weighted by atomic mass is 32.2. The van der Waals surface area contributed by atoms with Gasteiger partial charge in [-0.1, -0.05) is 50.3 Å². The highest BCUT2D eigenvalue weighted by Gasteiger charge is 2.22. The zero-order valence-corrected chi connectivity index (χ0v) is 19.8. The quantitative estimate of drug-likeness (QED) is 0.412. The molecule has 33 heavy (non-hydrogen) atoms. The Bertz CT molecular complexity index is 1160. The molecular formula is C26H32FN3O2S. The average Bonchev–Trinajstić information content (AvgIpc) is 3.34. The number of hydrogen-bond acceptors (Lipinski definition) is 3. The van der Waals surface area contributed by atoms with Crippen LogP contribution in [0.1, 0.15) is 51.0 Å². The molecule has 3 aromatic rings. The Morgan fingerprint density at radius 3 is 2.52 bits per heavy atom. The van der Waals surface area contributed by atoms with E-state index in [1.54, 1.807) is 35.2 Å². The molecule has 7 heteroatoms. The summed E-state index contributed by atoms with van der Waals surface area (Å²) >= 11 is 0. The van der Waals surface area contributed by atoms with Crippen LogP contribution in [0.3, 0.4) is 0 Å². The van der Waals surface area contributed by atoms with Gasteiger partial charge < -0.3 is 9.88 Å². The van der Waals surface area contributed by atoms with Gasteiger partial charge in [-0.05, 0) is 61.2 Å². The lowest BCUT2D eigenvalue weighted by Crippen LogP contribution is -2.29. The normalized spacial score (nSPS) is 15.9. The minimum absolute atomic E-state index is 0.341. The summed E-state index contributed by atoms with van der Waals surface area (Å²) < 4.78 is 45.1. The second-order valence-corrected chi connectivity index (χ2v) is 10.6. The number of aromatic nitrogens is 1. The van der Waals surface area contributed by atoms with Gasteiger partial charge in [0.05, 0.1) is 5.69 Å². The van der Waals surface area contributed by atoms with Gasteiger partial charge in [-0.25, -0.2) is 12.8 Å². The van der Waals surface area contributed by atoms with E-state index in [1.165, 1.54) is 44.2 Å². The molecule has 1 unspecified atom stereocenters. The third-order valence-electron chi connectivity index (χ3n) is 6.42. The van der Waals surface area contributed by atoms with E-state index in [4.69, 9.17) is 0 Å². The van der Waals surface area contributed by atoms with E-state index in [1.807, 2.05) is 24.3 Å². The first-order chi connectivity index (χ1) is 15.9. The molecule has 2 N–H and O–H groups in total. The molecule has 0 radical (unpaired) electrons. The van der Waals surface area contributed by atoms with Crippen LogP contribution in [0.5, 0.6) is 0 Å². The summed E-state index contributed by atoms with van der Waals surface area (Å²) in [5, 5.41) is 3.54. The molecule has 0 amide bonds. The monoisotopic (exact) mass is 469 g/mol. The molecule has 0 spiro atoms. The lowest BCUT2D eigenvalue weighted by Gasteiger charge is -2.25. The van der Waals surface area contributed by atoms with Crippen LogP contribution in [-0.2, 0) is 16.6 Å². The van der Waals surface area contributed by atoms with E-state index in [2.05, 4.69) is 17.0 Å². The van der Waals surface area contributed by atoms with Gasteiger partial charge in [0.2, 0.25) is 0 Å². The van der Waals surface area contributed by atoms with Gasteiger partial charge in [-0.3, -0.25) is 4.72 Å². The van der Waals surface area contributed by atoms with E-state index in [0.29, 0.717) is 24.0 Å². The van der Waals surface area contributed by atoms with Crippen LogP contribution in [0.15, 0.2) is 71.9 Å². The average molecular weight is 470 g/mol. The van der Waals surface area contributed by atoms with E-state index < -0.39 is 15.8 Å². The Kier molecular flexibility index (Phi) is 7.50. The maximum absolute atomic E-state index is 14.5. The molecule has 2 aromatic carbocycles. The number of nitrogens with zero attached hydrogens (tertiary/aromatic N) is 1. The van der Waals surface area contributed by atoms with Crippen LogP contribution in [0, 0.1) is 11.7 Å². The Morgan fingerprint density at radius 1 is 1.03 bits per heavy atom. The van der Waals surface area contributed by atoms with Crippen LogP contribution < -0.4 is 10.0 Å². The summed E-state index contributed by atoms with van der Waals surface area (Å²) in [6.07, 6.45) is 11.3. The molecule has 0 bridgehead atoms. The molecule has 1 aliphatic rings. The topological polar surface area (TPSA) is 63.1 Å². The third-order valence-corrected chi connectivity index (χ3v) is 7.80. The van der Waals surface area contributed by atoms with Crippen LogP contribution in [0.4, 0.5) is 10.1 Å². The highest BCUT2D eigenvalue weighted by molar-refractivity contribution is 7.92. The number of para-hydroxylation sites is 1. The van der Waals surface area contributed by atoms with E-state index >= 15 is 0 Å². The van der Waals surface area contributed by atoms with Crippen LogP contribution >= 0.6 is 0 Å². The molecule has 1 atom stereocenters. The van der Waals surface area contributed by atoms with E-state index in [0.717, 1.165) is 17.9 Å². The summed E-state index contributed by atoms with van der Waals surface area (Å²) in [6, 6.07) is 15.4.